The molecule has 1 aromatic carbocycles. The van der Waals surface area contributed by atoms with E-state index in [4.69, 9.17) is 4.74 Å². The summed E-state index contributed by atoms with van der Waals surface area (Å²) in [5.74, 6) is -0.656. The Morgan fingerprint density at radius 1 is 1.27 bits per heavy atom. The van der Waals surface area contributed by atoms with Crippen LogP contribution in [-0.2, 0) is 9.47 Å². The van der Waals surface area contributed by atoms with E-state index in [2.05, 4.69) is 4.74 Å². The molecule has 3 rings (SSSR count). The van der Waals surface area contributed by atoms with Crippen molar-refractivity contribution in [2.45, 2.75) is 57.6 Å². The number of benzene rings is 1. The van der Waals surface area contributed by atoms with Gasteiger partial charge in [0.05, 0.1) is 12.7 Å². The van der Waals surface area contributed by atoms with E-state index in [0.29, 0.717) is 12.5 Å². The molecule has 0 N–H and O–H groups in total. The Labute approximate surface area is 153 Å². The van der Waals surface area contributed by atoms with Crippen LogP contribution in [0.15, 0.2) is 18.2 Å². The van der Waals surface area contributed by atoms with Crippen molar-refractivity contribution in [2.75, 3.05) is 13.7 Å². The number of methoxy groups -OCH3 is 1. The molecule has 1 aromatic rings. The van der Waals surface area contributed by atoms with Crippen molar-refractivity contribution in [3.8, 4) is 0 Å². The van der Waals surface area contributed by atoms with E-state index >= 15 is 0 Å². The molecular weight excluding hydrogens is 337 g/mol. The van der Waals surface area contributed by atoms with Crippen LogP contribution < -0.4 is 0 Å². The summed E-state index contributed by atoms with van der Waals surface area (Å²) < 4.78 is 24.1. The lowest BCUT2D eigenvalue weighted by Crippen LogP contribution is -2.40. The Morgan fingerprint density at radius 2 is 1.96 bits per heavy atom. The summed E-state index contributed by atoms with van der Waals surface area (Å²) >= 11 is 0. The second-order valence-corrected chi connectivity index (χ2v) is 8.22. The maximum absolute atomic E-state index is 13.9. The van der Waals surface area contributed by atoms with Gasteiger partial charge in [0.15, 0.2) is 0 Å². The molecule has 0 radical (unpaired) electrons. The van der Waals surface area contributed by atoms with Crippen LogP contribution in [-0.4, -0.2) is 42.3 Å². The number of amides is 1. The van der Waals surface area contributed by atoms with Crippen molar-refractivity contribution < 1.29 is 23.5 Å². The van der Waals surface area contributed by atoms with Gasteiger partial charge in [0, 0.05) is 18.5 Å². The minimum Gasteiger partial charge on any atom is -0.465 e. The first kappa shape index (κ1) is 18.7. The van der Waals surface area contributed by atoms with Crippen LogP contribution in [0.2, 0.25) is 0 Å². The van der Waals surface area contributed by atoms with Crippen LogP contribution in [0.5, 0.6) is 0 Å². The van der Waals surface area contributed by atoms with Gasteiger partial charge in [0.25, 0.3) is 0 Å². The summed E-state index contributed by atoms with van der Waals surface area (Å²) in [7, 11) is 1.23. The van der Waals surface area contributed by atoms with Crippen LogP contribution in [0.4, 0.5) is 9.18 Å². The largest absolute Gasteiger partial charge is 0.465 e. The average molecular weight is 363 g/mol. The predicted octanol–water partition coefficient (Wildman–Crippen LogP) is 4.12. The molecule has 2 saturated carbocycles. The van der Waals surface area contributed by atoms with E-state index in [-0.39, 0.29) is 23.6 Å². The second-order valence-electron chi connectivity index (χ2n) is 8.22. The van der Waals surface area contributed by atoms with Gasteiger partial charge in [0.2, 0.25) is 0 Å². The summed E-state index contributed by atoms with van der Waals surface area (Å²) in [6, 6.07) is 4.53. The molecular formula is C20H26FNO4. The molecule has 2 fully saturated rings. The summed E-state index contributed by atoms with van der Waals surface area (Å²) in [6.07, 6.45) is 2.77. The average Bonchev–Trinajstić information content (AvgIpc) is 3.44. The van der Waals surface area contributed by atoms with Crippen LogP contribution in [0.1, 0.15) is 61.9 Å². The van der Waals surface area contributed by atoms with Gasteiger partial charge in [-0.25, -0.2) is 14.0 Å². The zero-order valence-corrected chi connectivity index (χ0v) is 15.8. The van der Waals surface area contributed by atoms with Gasteiger partial charge in [-0.3, -0.25) is 0 Å². The molecule has 0 heterocycles. The molecule has 2 aliphatic carbocycles. The third-order valence-corrected chi connectivity index (χ3v) is 4.76. The fourth-order valence-electron chi connectivity index (χ4n) is 3.17. The van der Waals surface area contributed by atoms with Gasteiger partial charge in [-0.15, -0.1) is 0 Å². The molecule has 0 aromatic heterocycles. The van der Waals surface area contributed by atoms with Crippen LogP contribution in [0.25, 0.3) is 0 Å². The fraction of sp³-hybridized carbons (Fsp3) is 0.600. The van der Waals surface area contributed by atoms with Gasteiger partial charge in [-0.1, -0.05) is 6.07 Å². The number of esters is 1. The first-order valence-corrected chi connectivity index (χ1v) is 9.07. The minimum absolute atomic E-state index is 0.0291. The molecule has 0 aliphatic heterocycles. The maximum Gasteiger partial charge on any atom is 0.410 e. The van der Waals surface area contributed by atoms with Crippen LogP contribution in [0, 0.1) is 11.7 Å². The van der Waals surface area contributed by atoms with E-state index < -0.39 is 17.4 Å². The number of hydrogen-bond donors (Lipinski definition) is 0. The monoisotopic (exact) mass is 363 g/mol. The van der Waals surface area contributed by atoms with Gasteiger partial charge >= 0.3 is 12.1 Å². The van der Waals surface area contributed by atoms with E-state index in [1.54, 1.807) is 6.07 Å². The predicted molar refractivity (Wildman–Crippen MR) is 94.5 cm³/mol. The van der Waals surface area contributed by atoms with E-state index in [1.807, 2.05) is 25.7 Å². The molecule has 0 spiro atoms. The molecule has 6 heteroatoms. The van der Waals surface area contributed by atoms with Crippen molar-refractivity contribution in [1.82, 2.24) is 4.90 Å². The Bertz CT molecular complexity index is 708. The molecule has 2 aliphatic rings. The van der Waals surface area contributed by atoms with Crippen molar-refractivity contribution >= 4 is 12.1 Å². The first-order chi connectivity index (χ1) is 12.2. The number of rotatable bonds is 5. The molecule has 2 unspecified atom stereocenters. The Kier molecular flexibility index (Phi) is 4.95. The summed E-state index contributed by atoms with van der Waals surface area (Å²) in [6.45, 7) is 6.26. The summed E-state index contributed by atoms with van der Waals surface area (Å²) in [5, 5.41) is 0. The fourth-order valence-corrected chi connectivity index (χ4v) is 3.17. The summed E-state index contributed by atoms with van der Waals surface area (Å²) in [5.41, 5.74) is 0.236. The highest BCUT2D eigenvalue weighted by molar-refractivity contribution is 5.89. The highest BCUT2D eigenvalue weighted by Gasteiger charge is 2.47. The van der Waals surface area contributed by atoms with Crippen molar-refractivity contribution in [3.05, 3.63) is 35.1 Å². The zero-order chi connectivity index (χ0) is 19.1. The number of nitrogens with zero attached hydrogens (tertiary/aromatic N) is 1. The quantitative estimate of drug-likeness (QED) is 0.739. The highest BCUT2D eigenvalue weighted by atomic mass is 19.1. The van der Waals surface area contributed by atoms with E-state index in [9.17, 15) is 14.0 Å². The summed E-state index contributed by atoms with van der Waals surface area (Å²) in [4.78, 5) is 26.2. The second kappa shape index (κ2) is 6.89. The molecule has 1 amide bonds. The number of halogens is 1. The smallest absolute Gasteiger partial charge is 0.410 e. The van der Waals surface area contributed by atoms with Crippen molar-refractivity contribution in [3.63, 3.8) is 0 Å². The lowest BCUT2D eigenvalue weighted by molar-refractivity contribution is 0.0220. The van der Waals surface area contributed by atoms with Crippen LogP contribution >= 0.6 is 0 Å². The Hall–Kier alpha value is -2.11. The normalized spacial score (nSPS) is 21.9. The molecule has 26 heavy (non-hydrogen) atoms. The lowest BCUT2D eigenvalue weighted by Gasteiger charge is -2.28. The van der Waals surface area contributed by atoms with Crippen LogP contribution in [0.3, 0.4) is 0 Å². The molecule has 5 nitrogen and oxygen atoms in total. The number of hydrogen-bond acceptors (Lipinski definition) is 4. The van der Waals surface area contributed by atoms with E-state index in [1.165, 1.54) is 19.2 Å². The van der Waals surface area contributed by atoms with Gasteiger partial charge in [-0.2, -0.15) is 0 Å². The highest BCUT2D eigenvalue weighted by Crippen LogP contribution is 2.47. The van der Waals surface area contributed by atoms with Gasteiger partial charge < -0.3 is 14.4 Å². The van der Waals surface area contributed by atoms with Gasteiger partial charge in [0.1, 0.15) is 11.4 Å². The van der Waals surface area contributed by atoms with E-state index in [0.717, 1.165) is 24.8 Å². The number of carbonyl (C=O) groups is 2. The van der Waals surface area contributed by atoms with Crippen molar-refractivity contribution in [2.24, 2.45) is 5.92 Å². The number of carbonyl (C=O) groups excluding carboxylic acids is 2. The minimum atomic E-state index is -0.691. The van der Waals surface area contributed by atoms with Gasteiger partial charge in [-0.05, 0) is 63.6 Å². The lowest BCUT2D eigenvalue weighted by atomic mass is 10.1. The van der Waals surface area contributed by atoms with Crippen molar-refractivity contribution in [1.29, 1.82) is 0 Å². The Balaban J connectivity index is 1.75. The zero-order valence-electron chi connectivity index (χ0n) is 15.8. The SMILES string of the molecule is COC(=O)c1cc(C2CC2N(CC2CC2)C(=O)OC(C)(C)C)ccc1F. The first-order valence-electron chi connectivity index (χ1n) is 9.07. The molecule has 142 valence electrons. The molecule has 0 saturated heterocycles. The Morgan fingerprint density at radius 3 is 2.54 bits per heavy atom. The molecule has 0 bridgehead atoms. The standard InChI is InChI=1S/C20H26FNO4/c1-20(2,3)26-19(24)22(11-12-5-6-12)17-10-14(17)13-7-8-16(21)15(9-13)18(23)25-4/h7-9,12,14,17H,5-6,10-11H2,1-4H3. The maximum atomic E-state index is 13.9. The third kappa shape index (κ3) is 4.34. The molecule has 2 atom stereocenters. The topological polar surface area (TPSA) is 55.8 Å². The third-order valence-electron chi connectivity index (χ3n) is 4.76. The number of ether oxygens (including phenoxy) is 2.